The van der Waals surface area contributed by atoms with Gasteiger partial charge in [0.2, 0.25) is 0 Å². The summed E-state index contributed by atoms with van der Waals surface area (Å²) in [5.74, 6) is -0.958. The first-order valence-corrected chi connectivity index (χ1v) is 11.4. The summed E-state index contributed by atoms with van der Waals surface area (Å²) >= 11 is 0. The van der Waals surface area contributed by atoms with Crippen molar-refractivity contribution in [2.45, 2.75) is 25.5 Å². The number of rotatable bonds is 7. The highest BCUT2D eigenvalue weighted by molar-refractivity contribution is 6.14. The molecule has 2 aromatic heterocycles. The number of ether oxygens (including phenoxy) is 2. The van der Waals surface area contributed by atoms with Crippen molar-refractivity contribution >= 4 is 39.1 Å². The van der Waals surface area contributed by atoms with Crippen molar-refractivity contribution in [1.29, 1.82) is 0 Å². The Morgan fingerprint density at radius 2 is 2.23 bits per heavy atom. The van der Waals surface area contributed by atoms with E-state index in [4.69, 9.17) is 15.2 Å². The minimum Gasteiger partial charge on any atom is -0.458 e. The van der Waals surface area contributed by atoms with Gasteiger partial charge in [0.15, 0.2) is 5.82 Å². The fourth-order valence-electron chi connectivity index (χ4n) is 4.01. The predicted octanol–water partition coefficient (Wildman–Crippen LogP) is 2.83. The number of aromatic nitrogens is 4. The van der Waals surface area contributed by atoms with Crippen LogP contribution in [0.25, 0.3) is 21.8 Å². The number of nitrogens with two attached hydrogens (primary N) is 1. The standard InChI is InChI=1S/C24H26FN7O3/c1-13(26)9-27-20-4-3-17(22-18(20)10-28-24(30-22)35-16-5-6-34-12-16)23(33)29-15-7-14-11-32(2)31-21(14)19(25)8-15/h3-4,7-8,10-11,13,16,27H,5-6,9,12,26H2,1-2H3,(H,29,33)/t13-,16?/m1/s1. The zero-order chi connectivity index (χ0) is 24.5. The molecular weight excluding hydrogens is 453 g/mol. The number of benzene rings is 2. The van der Waals surface area contributed by atoms with Gasteiger partial charge in [-0.05, 0) is 31.2 Å². The molecule has 0 aliphatic carbocycles. The van der Waals surface area contributed by atoms with E-state index in [-0.39, 0.29) is 23.7 Å². The van der Waals surface area contributed by atoms with Crippen molar-refractivity contribution in [3.8, 4) is 6.01 Å². The monoisotopic (exact) mass is 479 g/mol. The molecule has 4 aromatic rings. The summed E-state index contributed by atoms with van der Waals surface area (Å²) in [6, 6.07) is 6.45. The summed E-state index contributed by atoms with van der Waals surface area (Å²) in [5, 5.41) is 11.4. The van der Waals surface area contributed by atoms with Crippen LogP contribution in [0.4, 0.5) is 15.8 Å². The first kappa shape index (κ1) is 22.9. The van der Waals surface area contributed by atoms with Crippen molar-refractivity contribution in [3.05, 3.63) is 48.0 Å². The fourth-order valence-corrected chi connectivity index (χ4v) is 4.01. The number of hydrogen-bond donors (Lipinski definition) is 3. The Balaban J connectivity index is 1.50. The summed E-state index contributed by atoms with van der Waals surface area (Å²) in [4.78, 5) is 22.2. The number of carbonyl (C=O) groups is 1. The largest absolute Gasteiger partial charge is 0.458 e. The number of amides is 1. The number of aryl methyl sites for hydroxylation is 1. The number of nitrogens with one attached hydrogen (secondary N) is 2. The molecule has 0 bridgehead atoms. The van der Waals surface area contributed by atoms with Crippen molar-refractivity contribution in [3.63, 3.8) is 0 Å². The van der Waals surface area contributed by atoms with Crippen LogP contribution in [0.5, 0.6) is 6.01 Å². The average molecular weight is 480 g/mol. The molecule has 182 valence electrons. The molecule has 0 saturated carbocycles. The molecule has 0 radical (unpaired) electrons. The Kier molecular flexibility index (Phi) is 6.18. The van der Waals surface area contributed by atoms with Gasteiger partial charge < -0.3 is 25.8 Å². The van der Waals surface area contributed by atoms with Gasteiger partial charge in [0.1, 0.15) is 11.6 Å². The Hall–Kier alpha value is -3.83. The first-order chi connectivity index (χ1) is 16.9. The van der Waals surface area contributed by atoms with Crippen molar-refractivity contribution < 1.29 is 18.7 Å². The van der Waals surface area contributed by atoms with Crippen LogP contribution in [0.15, 0.2) is 36.7 Å². The van der Waals surface area contributed by atoms with Crippen LogP contribution in [0.3, 0.4) is 0 Å². The van der Waals surface area contributed by atoms with Crippen LogP contribution in [0.2, 0.25) is 0 Å². The molecule has 11 heteroatoms. The zero-order valence-electron chi connectivity index (χ0n) is 19.4. The molecular formula is C24H26FN7O3. The van der Waals surface area contributed by atoms with E-state index < -0.39 is 11.7 Å². The molecule has 1 fully saturated rings. The second-order valence-electron chi connectivity index (χ2n) is 8.69. The third-order valence-electron chi connectivity index (χ3n) is 5.68. The number of hydrogen-bond acceptors (Lipinski definition) is 8. The Labute approximate surface area is 200 Å². The van der Waals surface area contributed by atoms with E-state index in [1.54, 1.807) is 37.6 Å². The van der Waals surface area contributed by atoms with E-state index in [1.807, 2.05) is 6.92 Å². The number of carbonyl (C=O) groups excluding carboxylic acids is 1. The zero-order valence-corrected chi connectivity index (χ0v) is 19.4. The summed E-state index contributed by atoms with van der Waals surface area (Å²) in [6.45, 7) is 3.51. The molecule has 5 rings (SSSR count). The Morgan fingerprint density at radius 1 is 1.37 bits per heavy atom. The maximum atomic E-state index is 14.5. The van der Waals surface area contributed by atoms with Gasteiger partial charge in [0, 0.05) is 60.6 Å². The van der Waals surface area contributed by atoms with Gasteiger partial charge in [-0.25, -0.2) is 9.37 Å². The predicted molar refractivity (Wildman–Crippen MR) is 130 cm³/mol. The number of fused-ring (bicyclic) bond motifs is 2. The van der Waals surface area contributed by atoms with Gasteiger partial charge in [-0.1, -0.05) is 0 Å². The minimum atomic E-state index is -0.518. The molecule has 2 aromatic carbocycles. The fraction of sp³-hybridized carbons (Fsp3) is 0.333. The SMILES string of the molecule is C[C@@H](N)CNc1ccc(C(=O)Nc2cc(F)c3nn(C)cc3c2)c2nc(OC3CCOC3)ncc12. The smallest absolute Gasteiger partial charge is 0.317 e. The second-order valence-corrected chi connectivity index (χ2v) is 8.69. The Morgan fingerprint density at radius 3 is 3.00 bits per heavy atom. The Bertz CT molecular complexity index is 1400. The maximum Gasteiger partial charge on any atom is 0.317 e. The summed E-state index contributed by atoms with van der Waals surface area (Å²) < 4.78 is 27.3. The normalized spacial score (nSPS) is 16.5. The molecule has 0 spiro atoms. The van der Waals surface area contributed by atoms with Crippen LogP contribution < -0.4 is 21.1 Å². The molecule has 1 aliphatic heterocycles. The van der Waals surface area contributed by atoms with E-state index in [9.17, 15) is 9.18 Å². The molecule has 1 saturated heterocycles. The third-order valence-corrected chi connectivity index (χ3v) is 5.68. The molecule has 2 atom stereocenters. The highest BCUT2D eigenvalue weighted by Crippen LogP contribution is 2.28. The lowest BCUT2D eigenvalue weighted by molar-refractivity contribution is 0.102. The number of halogens is 1. The second kappa shape index (κ2) is 9.43. The third kappa shape index (κ3) is 4.86. The summed E-state index contributed by atoms with van der Waals surface area (Å²) in [7, 11) is 1.71. The van der Waals surface area contributed by atoms with Gasteiger partial charge in [0.05, 0.1) is 24.3 Å². The van der Waals surface area contributed by atoms with Gasteiger partial charge in [-0.3, -0.25) is 9.48 Å². The van der Waals surface area contributed by atoms with E-state index >= 15 is 0 Å². The molecule has 35 heavy (non-hydrogen) atoms. The van der Waals surface area contributed by atoms with Crippen LogP contribution in [-0.4, -0.2) is 57.6 Å². The molecule has 1 amide bonds. The summed E-state index contributed by atoms with van der Waals surface area (Å²) in [6.07, 6.45) is 3.91. The van der Waals surface area contributed by atoms with E-state index in [1.165, 1.54) is 10.7 Å². The topological polar surface area (TPSA) is 129 Å². The lowest BCUT2D eigenvalue weighted by Gasteiger charge is -2.15. The van der Waals surface area contributed by atoms with Crippen molar-refractivity contribution in [2.75, 3.05) is 30.4 Å². The number of nitrogens with zero attached hydrogens (tertiary/aromatic N) is 4. The highest BCUT2D eigenvalue weighted by atomic mass is 19.1. The van der Waals surface area contributed by atoms with Gasteiger partial charge >= 0.3 is 6.01 Å². The van der Waals surface area contributed by atoms with E-state index in [0.717, 1.165) is 12.1 Å². The van der Waals surface area contributed by atoms with Crippen LogP contribution in [-0.2, 0) is 11.8 Å². The van der Waals surface area contributed by atoms with Crippen molar-refractivity contribution in [2.24, 2.45) is 12.8 Å². The lowest BCUT2D eigenvalue weighted by Crippen LogP contribution is -2.25. The van der Waals surface area contributed by atoms with Crippen LogP contribution in [0, 0.1) is 5.82 Å². The van der Waals surface area contributed by atoms with Gasteiger partial charge in [0.25, 0.3) is 5.91 Å². The number of anilines is 2. The van der Waals surface area contributed by atoms with E-state index in [2.05, 4.69) is 25.7 Å². The van der Waals surface area contributed by atoms with E-state index in [0.29, 0.717) is 47.3 Å². The first-order valence-electron chi connectivity index (χ1n) is 11.4. The maximum absolute atomic E-state index is 14.5. The van der Waals surface area contributed by atoms with Crippen LogP contribution >= 0.6 is 0 Å². The lowest BCUT2D eigenvalue weighted by atomic mass is 10.1. The molecule has 4 N–H and O–H groups in total. The average Bonchev–Trinajstić information content (AvgIpc) is 3.46. The summed E-state index contributed by atoms with van der Waals surface area (Å²) in [5.41, 5.74) is 7.89. The molecule has 1 aliphatic rings. The van der Waals surface area contributed by atoms with Gasteiger partial charge in [-0.2, -0.15) is 10.1 Å². The molecule has 1 unspecified atom stereocenters. The minimum absolute atomic E-state index is 0.0730. The van der Waals surface area contributed by atoms with Crippen molar-refractivity contribution in [1.82, 2.24) is 19.7 Å². The highest BCUT2D eigenvalue weighted by Gasteiger charge is 2.21. The quantitative estimate of drug-likeness (QED) is 0.369. The molecule has 3 heterocycles. The molecule has 10 nitrogen and oxygen atoms in total. The van der Waals surface area contributed by atoms with Crippen LogP contribution in [0.1, 0.15) is 23.7 Å². The van der Waals surface area contributed by atoms with Gasteiger partial charge in [-0.15, -0.1) is 0 Å².